The van der Waals surface area contributed by atoms with Crippen LogP contribution >= 0.6 is 0 Å². The Morgan fingerprint density at radius 1 is 1.12 bits per heavy atom. The van der Waals surface area contributed by atoms with Gasteiger partial charge in [0.25, 0.3) is 0 Å². The number of ether oxygens (including phenoxy) is 1. The van der Waals surface area contributed by atoms with E-state index < -0.39 is 6.04 Å². The van der Waals surface area contributed by atoms with E-state index in [0.29, 0.717) is 19.6 Å². The van der Waals surface area contributed by atoms with E-state index in [1.54, 1.807) is 7.11 Å². The molecule has 3 heterocycles. The number of amides is 1. The standard InChI is InChI=1S/C25H25N5O2/c1-32-20-9-7-17(8-10-20)15-30-24-22(14-28-30)21-11-12-29(16-19(21)13-27-24)25(31)23(26)18-5-3-2-4-6-18/h2-10,13-14,23H,11-12,15-16,26H2,1H3. The number of carbonyl (C=O) groups excluding carboxylic acids is 1. The number of pyridine rings is 1. The van der Waals surface area contributed by atoms with Crippen molar-refractivity contribution in [1.29, 1.82) is 0 Å². The van der Waals surface area contributed by atoms with Crippen molar-refractivity contribution in [3.05, 3.63) is 89.2 Å². The quantitative estimate of drug-likeness (QED) is 0.529. The zero-order chi connectivity index (χ0) is 22.1. The highest BCUT2D eigenvalue weighted by Crippen LogP contribution is 2.28. The van der Waals surface area contributed by atoms with E-state index in [1.807, 2.05) is 76.6 Å². The van der Waals surface area contributed by atoms with Crippen molar-refractivity contribution in [3.63, 3.8) is 0 Å². The van der Waals surface area contributed by atoms with Gasteiger partial charge in [-0.15, -0.1) is 0 Å². The van der Waals surface area contributed by atoms with Gasteiger partial charge in [0.1, 0.15) is 11.8 Å². The smallest absolute Gasteiger partial charge is 0.244 e. The summed E-state index contributed by atoms with van der Waals surface area (Å²) in [5.41, 5.74) is 11.3. The maximum absolute atomic E-state index is 13.0. The zero-order valence-electron chi connectivity index (χ0n) is 17.9. The molecule has 0 saturated carbocycles. The molecule has 1 amide bonds. The molecule has 0 radical (unpaired) electrons. The Balaban J connectivity index is 1.36. The van der Waals surface area contributed by atoms with Gasteiger partial charge in [0.2, 0.25) is 5.91 Å². The van der Waals surface area contributed by atoms with Crippen molar-refractivity contribution in [2.24, 2.45) is 5.73 Å². The number of aromatic nitrogens is 3. The van der Waals surface area contributed by atoms with Gasteiger partial charge in [0.05, 0.1) is 19.9 Å². The van der Waals surface area contributed by atoms with Crippen LogP contribution in [-0.2, 0) is 24.3 Å². The lowest BCUT2D eigenvalue weighted by Crippen LogP contribution is -2.41. The van der Waals surface area contributed by atoms with Gasteiger partial charge in [-0.05, 0) is 40.8 Å². The highest BCUT2D eigenvalue weighted by atomic mass is 16.5. The van der Waals surface area contributed by atoms with E-state index in [1.165, 1.54) is 5.56 Å². The molecule has 4 aromatic rings. The maximum atomic E-state index is 13.0. The first kappa shape index (κ1) is 20.2. The molecular weight excluding hydrogens is 402 g/mol. The van der Waals surface area contributed by atoms with Crippen LogP contribution in [0.3, 0.4) is 0 Å². The van der Waals surface area contributed by atoms with E-state index in [4.69, 9.17) is 10.5 Å². The minimum atomic E-state index is -0.651. The molecule has 0 aliphatic carbocycles. The topological polar surface area (TPSA) is 86.3 Å². The third-order valence-electron chi connectivity index (χ3n) is 6.09. The number of methoxy groups -OCH3 is 1. The molecule has 32 heavy (non-hydrogen) atoms. The first-order valence-corrected chi connectivity index (χ1v) is 10.7. The normalized spacial score (nSPS) is 14.2. The Morgan fingerprint density at radius 3 is 2.66 bits per heavy atom. The number of hydrogen-bond donors (Lipinski definition) is 1. The third-order valence-corrected chi connectivity index (χ3v) is 6.09. The Bertz CT molecular complexity index is 1250. The summed E-state index contributed by atoms with van der Waals surface area (Å²) in [5, 5.41) is 5.64. The molecule has 2 aromatic heterocycles. The van der Waals surface area contributed by atoms with E-state index in [0.717, 1.165) is 39.9 Å². The van der Waals surface area contributed by atoms with E-state index in [-0.39, 0.29) is 5.91 Å². The molecule has 0 saturated heterocycles. The van der Waals surface area contributed by atoms with Crippen molar-refractivity contribution < 1.29 is 9.53 Å². The second-order valence-electron chi connectivity index (χ2n) is 8.05. The minimum Gasteiger partial charge on any atom is -0.497 e. The number of carbonyl (C=O) groups is 1. The second-order valence-corrected chi connectivity index (χ2v) is 8.05. The van der Waals surface area contributed by atoms with Gasteiger partial charge in [-0.3, -0.25) is 4.79 Å². The average molecular weight is 428 g/mol. The summed E-state index contributed by atoms with van der Waals surface area (Å²) in [6.45, 7) is 1.78. The number of hydrogen-bond acceptors (Lipinski definition) is 5. The van der Waals surface area contributed by atoms with Crippen LogP contribution < -0.4 is 10.5 Å². The molecule has 0 spiro atoms. The lowest BCUT2D eigenvalue weighted by Gasteiger charge is -2.31. The maximum Gasteiger partial charge on any atom is 0.244 e. The highest BCUT2D eigenvalue weighted by Gasteiger charge is 2.27. The molecule has 2 N–H and O–H groups in total. The largest absolute Gasteiger partial charge is 0.497 e. The predicted octanol–water partition coefficient (Wildman–Crippen LogP) is 3.07. The molecule has 2 aromatic carbocycles. The monoisotopic (exact) mass is 427 g/mol. The van der Waals surface area contributed by atoms with Gasteiger partial charge in [-0.2, -0.15) is 5.10 Å². The number of nitrogens with zero attached hydrogens (tertiary/aromatic N) is 4. The molecule has 1 aliphatic rings. The summed E-state index contributed by atoms with van der Waals surface area (Å²) in [5.74, 6) is 0.773. The van der Waals surface area contributed by atoms with Crippen LogP contribution in [0.15, 0.2) is 67.0 Å². The molecule has 5 rings (SSSR count). The molecule has 1 aliphatic heterocycles. The Morgan fingerprint density at radius 2 is 1.91 bits per heavy atom. The summed E-state index contributed by atoms with van der Waals surface area (Å²) in [7, 11) is 1.66. The summed E-state index contributed by atoms with van der Waals surface area (Å²) < 4.78 is 7.15. The van der Waals surface area contributed by atoms with Gasteiger partial charge in [-0.1, -0.05) is 42.5 Å². The van der Waals surface area contributed by atoms with Crippen molar-refractivity contribution in [2.75, 3.05) is 13.7 Å². The Kier molecular flexibility index (Phi) is 5.33. The first-order chi connectivity index (χ1) is 15.6. The van der Waals surface area contributed by atoms with E-state index in [9.17, 15) is 4.79 Å². The van der Waals surface area contributed by atoms with Crippen molar-refractivity contribution in [3.8, 4) is 5.75 Å². The fourth-order valence-corrected chi connectivity index (χ4v) is 4.29. The molecule has 1 unspecified atom stereocenters. The molecule has 0 bridgehead atoms. The van der Waals surface area contributed by atoms with Crippen LogP contribution in [0.4, 0.5) is 0 Å². The lowest BCUT2D eigenvalue weighted by atomic mass is 9.98. The summed E-state index contributed by atoms with van der Waals surface area (Å²) >= 11 is 0. The molecule has 162 valence electrons. The molecular formula is C25H25N5O2. The second kappa shape index (κ2) is 8.43. The number of nitrogens with two attached hydrogens (primary N) is 1. The first-order valence-electron chi connectivity index (χ1n) is 10.7. The number of rotatable bonds is 5. The highest BCUT2D eigenvalue weighted by molar-refractivity contribution is 5.85. The Labute approximate surface area is 186 Å². The van der Waals surface area contributed by atoms with Crippen LogP contribution in [0, 0.1) is 0 Å². The van der Waals surface area contributed by atoms with Crippen molar-refractivity contribution in [1.82, 2.24) is 19.7 Å². The average Bonchev–Trinajstić information content (AvgIpc) is 3.26. The molecule has 1 atom stereocenters. The van der Waals surface area contributed by atoms with E-state index in [2.05, 4.69) is 10.1 Å². The van der Waals surface area contributed by atoms with Crippen molar-refractivity contribution in [2.45, 2.75) is 25.6 Å². The van der Waals surface area contributed by atoms with E-state index >= 15 is 0 Å². The molecule has 7 nitrogen and oxygen atoms in total. The lowest BCUT2D eigenvalue weighted by molar-refractivity contribution is -0.133. The van der Waals surface area contributed by atoms with Gasteiger partial charge >= 0.3 is 0 Å². The fraction of sp³-hybridized carbons (Fsp3) is 0.240. The van der Waals surface area contributed by atoms with Gasteiger partial charge in [-0.25, -0.2) is 9.67 Å². The number of fused-ring (bicyclic) bond motifs is 3. The predicted molar refractivity (Wildman–Crippen MR) is 122 cm³/mol. The van der Waals surface area contributed by atoms with Gasteiger partial charge in [0, 0.05) is 24.7 Å². The fourth-order valence-electron chi connectivity index (χ4n) is 4.29. The van der Waals surface area contributed by atoms with Crippen LogP contribution in [0.1, 0.15) is 28.3 Å². The summed E-state index contributed by atoms with van der Waals surface area (Å²) in [4.78, 5) is 19.5. The zero-order valence-corrected chi connectivity index (χ0v) is 17.9. The number of benzene rings is 2. The van der Waals surface area contributed by atoms with Crippen LogP contribution in [-0.4, -0.2) is 39.2 Å². The minimum absolute atomic E-state index is 0.0582. The third kappa shape index (κ3) is 3.71. The molecule has 0 fully saturated rings. The van der Waals surface area contributed by atoms with Crippen LogP contribution in [0.5, 0.6) is 5.75 Å². The summed E-state index contributed by atoms with van der Waals surface area (Å²) in [6, 6.07) is 16.8. The molecule has 7 heteroatoms. The van der Waals surface area contributed by atoms with Crippen molar-refractivity contribution >= 4 is 16.9 Å². The van der Waals surface area contributed by atoms with Crippen LogP contribution in [0.2, 0.25) is 0 Å². The van der Waals surface area contributed by atoms with Gasteiger partial charge in [0.15, 0.2) is 5.65 Å². The summed E-state index contributed by atoms with van der Waals surface area (Å²) in [6.07, 6.45) is 4.52. The Hall–Kier alpha value is -3.71. The van der Waals surface area contributed by atoms with Gasteiger partial charge < -0.3 is 15.4 Å². The SMILES string of the molecule is COc1ccc(Cn2ncc3c4c(cnc32)CN(C(=O)C(N)c2ccccc2)CC4)cc1. The van der Waals surface area contributed by atoms with Crippen LogP contribution in [0.25, 0.3) is 11.0 Å².